The maximum atomic E-state index is 10.9. The van der Waals surface area contributed by atoms with Crippen LogP contribution in [0.4, 0.5) is 11.4 Å². The van der Waals surface area contributed by atoms with Gasteiger partial charge >= 0.3 is 0 Å². The maximum Gasteiger partial charge on any atom is 0.295 e. The van der Waals surface area contributed by atoms with E-state index >= 15 is 0 Å². The van der Waals surface area contributed by atoms with Gasteiger partial charge in [-0.1, -0.05) is 19.1 Å². The molecule has 1 N–H and O–H groups in total. The minimum atomic E-state index is -0.332. The van der Waals surface area contributed by atoms with Crippen molar-refractivity contribution in [2.24, 2.45) is 0 Å². The van der Waals surface area contributed by atoms with Crippen LogP contribution in [0.25, 0.3) is 0 Å². The number of nitro groups is 1. The summed E-state index contributed by atoms with van der Waals surface area (Å²) < 4.78 is 0. The Kier molecular flexibility index (Phi) is 4.61. The highest BCUT2D eigenvalue weighted by Crippen LogP contribution is 2.28. The van der Waals surface area contributed by atoms with Gasteiger partial charge in [0.15, 0.2) is 0 Å². The number of hydrogen-bond acceptors (Lipinski definition) is 4. The summed E-state index contributed by atoms with van der Waals surface area (Å²) in [7, 11) is 0. The molecule has 0 saturated carbocycles. The van der Waals surface area contributed by atoms with Crippen LogP contribution in [0, 0.1) is 17.0 Å². The molecule has 0 aliphatic heterocycles. The van der Waals surface area contributed by atoms with E-state index in [1.165, 1.54) is 0 Å². The number of thioether (sulfide) groups is 1. The predicted octanol–water partition coefficient (Wildman–Crippen LogP) is 3.07. The van der Waals surface area contributed by atoms with E-state index in [-0.39, 0.29) is 10.6 Å². The fourth-order valence-corrected chi connectivity index (χ4v) is 1.63. The van der Waals surface area contributed by atoms with Gasteiger partial charge in [0.1, 0.15) is 5.69 Å². The Morgan fingerprint density at radius 1 is 1.56 bits per heavy atom. The largest absolute Gasteiger partial charge is 0.378 e. The number of nitrogens with zero attached hydrogens (tertiary/aromatic N) is 1. The molecular formula is C11H16N2O2S. The average molecular weight is 240 g/mol. The Morgan fingerprint density at radius 3 is 2.81 bits per heavy atom. The van der Waals surface area contributed by atoms with Gasteiger partial charge in [0.25, 0.3) is 5.69 Å². The van der Waals surface area contributed by atoms with Crippen LogP contribution >= 0.6 is 11.8 Å². The van der Waals surface area contributed by atoms with Crippen molar-refractivity contribution in [2.75, 3.05) is 18.1 Å². The molecule has 0 radical (unpaired) electrons. The van der Waals surface area contributed by atoms with Gasteiger partial charge in [0.05, 0.1) is 4.92 Å². The lowest BCUT2D eigenvalue weighted by molar-refractivity contribution is -0.384. The van der Waals surface area contributed by atoms with Crippen LogP contribution in [-0.4, -0.2) is 23.0 Å². The molecule has 0 heterocycles. The molecule has 5 heteroatoms. The zero-order chi connectivity index (χ0) is 12.1. The Bertz CT molecular complexity index is 382. The Morgan fingerprint density at radius 2 is 2.25 bits per heavy atom. The molecule has 0 fully saturated rings. The highest BCUT2D eigenvalue weighted by Gasteiger charge is 2.16. The Balaban J connectivity index is 2.87. The SMILES string of the molecule is CSC(C)CNc1cccc(C)c1[N+](=O)[O-]. The molecule has 0 aliphatic carbocycles. The van der Waals surface area contributed by atoms with Crippen molar-refractivity contribution in [3.63, 3.8) is 0 Å². The van der Waals surface area contributed by atoms with Gasteiger partial charge in [-0.05, 0) is 19.2 Å². The highest BCUT2D eigenvalue weighted by molar-refractivity contribution is 7.99. The van der Waals surface area contributed by atoms with Crippen LogP contribution in [-0.2, 0) is 0 Å². The number of anilines is 1. The second-order valence-electron chi connectivity index (χ2n) is 3.66. The van der Waals surface area contributed by atoms with Gasteiger partial charge in [-0.25, -0.2) is 0 Å². The van der Waals surface area contributed by atoms with Gasteiger partial charge in [0, 0.05) is 17.4 Å². The first kappa shape index (κ1) is 12.8. The third-order valence-corrected chi connectivity index (χ3v) is 3.37. The number of aryl methyl sites for hydroxylation is 1. The number of rotatable bonds is 5. The minimum absolute atomic E-state index is 0.177. The summed E-state index contributed by atoms with van der Waals surface area (Å²) in [5.41, 5.74) is 1.47. The van der Waals surface area contributed by atoms with Crippen LogP contribution < -0.4 is 5.32 Å². The monoisotopic (exact) mass is 240 g/mol. The lowest BCUT2D eigenvalue weighted by atomic mass is 10.1. The van der Waals surface area contributed by atoms with Crippen molar-refractivity contribution in [3.05, 3.63) is 33.9 Å². The van der Waals surface area contributed by atoms with Crippen LogP contribution in [0.15, 0.2) is 18.2 Å². The smallest absolute Gasteiger partial charge is 0.295 e. The molecule has 0 aromatic heterocycles. The van der Waals surface area contributed by atoms with E-state index in [2.05, 4.69) is 12.2 Å². The van der Waals surface area contributed by atoms with Gasteiger partial charge in [-0.2, -0.15) is 11.8 Å². The molecule has 0 bridgehead atoms. The molecule has 0 saturated heterocycles. The Labute approximate surface area is 99.6 Å². The van der Waals surface area contributed by atoms with E-state index in [0.29, 0.717) is 16.5 Å². The molecule has 1 rings (SSSR count). The van der Waals surface area contributed by atoms with Crippen LogP contribution in [0.2, 0.25) is 0 Å². The minimum Gasteiger partial charge on any atom is -0.378 e. The molecule has 0 aliphatic rings. The summed E-state index contributed by atoms with van der Waals surface area (Å²) >= 11 is 1.73. The van der Waals surface area contributed by atoms with Crippen molar-refractivity contribution in [1.29, 1.82) is 0 Å². The molecule has 1 atom stereocenters. The van der Waals surface area contributed by atoms with E-state index < -0.39 is 0 Å². The lowest BCUT2D eigenvalue weighted by Crippen LogP contribution is -2.13. The summed E-state index contributed by atoms with van der Waals surface area (Å²) in [6.45, 7) is 4.56. The molecule has 1 aromatic rings. The number of hydrogen-bond donors (Lipinski definition) is 1. The van der Waals surface area contributed by atoms with Crippen LogP contribution in [0.5, 0.6) is 0 Å². The third kappa shape index (κ3) is 3.13. The maximum absolute atomic E-state index is 10.9. The molecule has 88 valence electrons. The van der Waals surface area contributed by atoms with E-state index in [1.54, 1.807) is 30.8 Å². The summed E-state index contributed by atoms with van der Waals surface area (Å²) in [5.74, 6) is 0. The summed E-state index contributed by atoms with van der Waals surface area (Å²) in [6, 6.07) is 5.33. The second kappa shape index (κ2) is 5.75. The summed E-state index contributed by atoms with van der Waals surface area (Å²) in [4.78, 5) is 10.6. The van der Waals surface area contributed by atoms with Crippen molar-refractivity contribution in [3.8, 4) is 0 Å². The van der Waals surface area contributed by atoms with Crippen LogP contribution in [0.3, 0.4) is 0 Å². The standard InChI is InChI=1S/C11H16N2O2S/c1-8-5-4-6-10(11(8)13(14)15)12-7-9(2)16-3/h4-6,9,12H,7H2,1-3H3. The predicted molar refractivity (Wildman–Crippen MR) is 69.3 cm³/mol. The molecule has 0 spiro atoms. The van der Waals surface area contributed by atoms with Gasteiger partial charge in [-0.15, -0.1) is 0 Å². The van der Waals surface area contributed by atoms with Crippen molar-refractivity contribution in [2.45, 2.75) is 19.1 Å². The molecule has 4 nitrogen and oxygen atoms in total. The fourth-order valence-electron chi connectivity index (χ4n) is 1.38. The molecule has 1 aromatic carbocycles. The number of para-hydroxylation sites is 1. The van der Waals surface area contributed by atoms with E-state index in [1.807, 2.05) is 12.3 Å². The first-order valence-electron chi connectivity index (χ1n) is 5.07. The second-order valence-corrected chi connectivity index (χ2v) is 4.93. The van der Waals surface area contributed by atoms with Crippen molar-refractivity contribution >= 4 is 23.1 Å². The normalized spacial score (nSPS) is 12.2. The Hall–Kier alpha value is -1.23. The number of benzene rings is 1. The van der Waals surface area contributed by atoms with Gasteiger partial charge in [0.2, 0.25) is 0 Å². The van der Waals surface area contributed by atoms with E-state index in [9.17, 15) is 10.1 Å². The zero-order valence-corrected chi connectivity index (χ0v) is 10.5. The third-order valence-electron chi connectivity index (χ3n) is 2.40. The van der Waals surface area contributed by atoms with Crippen LogP contribution in [0.1, 0.15) is 12.5 Å². The molecule has 1 unspecified atom stereocenters. The number of nitrogens with one attached hydrogen (secondary N) is 1. The summed E-state index contributed by atoms with van der Waals surface area (Å²) in [5, 5.41) is 14.5. The quantitative estimate of drug-likeness (QED) is 0.634. The fraction of sp³-hybridized carbons (Fsp3) is 0.455. The first-order valence-corrected chi connectivity index (χ1v) is 6.35. The number of nitro benzene ring substituents is 1. The van der Waals surface area contributed by atoms with Crippen molar-refractivity contribution in [1.82, 2.24) is 0 Å². The summed E-state index contributed by atoms with van der Waals surface area (Å²) in [6.07, 6.45) is 2.02. The zero-order valence-electron chi connectivity index (χ0n) is 9.69. The molecular weight excluding hydrogens is 224 g/mol. The highest BCUT2D eigenvalue weighted by atomic mass is 32.2. The lowest BCUT2D eigenvalue weighted by Gasteiger charge is -2.11. The topological polar surface area (TPSA) is 55.2 Å². The molecule has 16 heavy (non-hydrogen) atoms. The van der Waals surface area contributed by atoms with Gasteiger partial charge in [-0.3, -0.25) is 10.1 Å². The van der Waals surface area contributed by atoms with E-state index in [0.717, 1.165) is 6.54 Å². The first-order chi connectivity index (χ1) is 7.56. The van der Waals surface area contributed by atoms with E-state index in [4.69, 9.17) is 0 Å². The van der Waals surface area contributed by atoms with Gasteiger partial charge < -0.3 is 5.32 Å². The average Bonchev–Trinajstić information content (AvgIpc) is 2.25. The molecule has 0 amide bonds. The van der Waals surface area contributed by atoms with Crippen molar-refractivity contribution < 1.29 is 4.92 Å².